The SMILES string of the molecule is CCc1nccn1CCCn1ccnc1CC. The summed E-state index contributed by atoms with van der Waals surface area (Å²) in [6, 6.07) is 0. The van der Waals surface area contributed by atoms with Crippen molar-refractivity contribution in [2.24, 2.45) is 0 Å². The van der Waals surface area contributed by atoms with Crippen LogP contribution >= 0.6 is 0 Å². The Morgan fingerprint density at radius 1 is 0.882 bits per heavy atom. The van der Waals surface area contributed by atoms with Crippen molar-refractivity contribution in [3.8, 4) is 0 Å². The van der Waals surface area contributed by atoms with E-state index < -0.39 is 0 Å². The van der Waals surface area contributed by atoms with Crippen LogP contribution in [0.3, 0.4) is 0 Å². The third kappa shape index (κ3) is 2.75. The first-order valence-corrected chi connectivity index (χ1v) is 6.35. The van der Waals surface area contributed by atoms with Crippen LogP contribution in [-0.2, 0) is 25.9 Å². The van der Waals surface area contributed by atoms with E-state index in [1.54, 1.807) is 0 Å². The van der Waals surface area contributed by atoms with Gasteiger partial charge in [0.1, 0.15) is 11.6 Å². The van der Waals surface area contributed by atoms with Crippen molar-refractivity contribution in [2.75, 3.05) is 0 Å². The van der Waals surface area contributed by atoms with Crippen molar-refractivity contribution in [2.45, 2.75) is 46.2 Å². The summed E-state index contributed by atoms with van der Waals surface area (Å²) in [5.41, 5.74) is 0. The average Bonchev–Trinajstić information content (AvgIpc) is 2.97. The summed E-state index contributed by atoms with van der Waals surface area (Å²) >= 11 is 0. The van der Waals surface area contributed by atoms with E-state index in [-0.39, 0.29) is 0 Å². The molecule has 0 aromatic carbocycles. The fraction of sp³-hybridized carbons (Fsp3) is 0.538. The summed E-state index contributed by atoms with van der Waals surface area (Å²) in [7, 11) is 0. The highest BCUT2D eigenvalue weighted by atomic mass is 15.1. The second-order valence-corrected chi connectivity index (χ2v) is 4.13. The Bertz CT molecular complexity index is 413. The second kappa shape index (κ2) is 5.66. The summed E-state index contributed by atoms with van der Waals surface area (Å²) in [6.07, 6.45) is 11.0. The minimum Gasteiger partial charge on any atom is -0.335 e. The number of aryl methyl sites for hydroxylation is 4. The van der Waals surface area contributed by atoms with Crippen LogP contribution in [0.1, 0.15) is 31.9 Å². The Hall–Kier alpha value is -1.58. The topological polar surface area (TPSA) is 35.6 Å². The quantitative estimate of drug-likeness (QED) is 0.766. The highest BCUT2D eigenvalue weighted by molar-refractivity contribution is 4.93. The Morgan fingerprint density at radius 2 is 1.35 bits per heavy atom. The Balaban J connectivity index is 1.87. The zero-order chi connectivity index (χ0) is 12.1. The van der Waals surface area contributed by atoms with Crippen molar-refractivity contribution in [3.63, 3.8) is 0 Å². The maximum Gasteiger partial charge on any atom is 0.108 e. The van der Waals surface area contributed by atoms with Crippen LogP contribution in [0.5, 0.6) is 0 Å². The first kappa shape index (κ1) is 11.9. The molecule has 0 unspecified atom stereocenters. The van der Waals surface area contributed by atoms with E-state index in [1.807, 2.05) is 12.4 Å². The fourth-order valence-corrected chi connectivity index (χ4v) is 2.13. The fourth-order valence-electron chi connectivity index (χ4n) is 2.13. The van der Waals surface area contributed by atoms with E-state index in [2.05, 4.69) is 45.3 Å². The van der Waals surface area contributed by atoms with E-state index in [9.17, 15) is 0 Å². The van der Waals surface area contributed by atoms with Crippen LogP contribution < -0.4 is 0 Å². The molecule has 17 heavy (non-hydrogen) atoms. The summed E-state index contributed by atoms with van der Waals surface area (Å²) in [6.45, 7) is 6.35. The maximum absolute atomic E-state index is 4.33. The molecule has 0 saturated heterocycles. The minimum atomic E-state index is 0.998. The number of hydrogen-bond acceptors (Lipinski definition) is 2. The summed E-state index contributed by atoms with van der Waals surface area (Å²) in [5, 5.41) is 0. The largest absolute Gasteiger partial charge is 0.335 e. The molecular formula is C13H20N4. The second-order valence-electron chi connectivity index (χ2n) is 4.13. The summed E-state index contributed by atoms with van der Waals surface area (Å²) < 4.78 is 4.48. The molecule has 0 aliphatic heterocycles. The van der Waals surface area contributed by atoms with Gasteiger partial charge in [0.2, 0.25) is 0 Å². The predicted molar refractivity (Wildman–Crippen MR) is 67.8 cm³/mol. The van der Waals surface area contributed by atoms with Crippen LogP contribution in [0.4, 0.5) is 0 Å². The van der Waals surface area contributed by atoms with Gasteiger partial charge in [-0.15, -0.1) is 0 Å². The van der Waals surface area contributed by atoms with Gasteiger partial charge in [0, 0.05) is 50.7 Å². The molecule has 0 N–H and O–H groups in total. The number of rotatable bonds is 6. The van der Waals surface area contributed by atoms with Gasteiger partial charge in [-0.05, 0) is 6.42 Å². The van der Waals surface area contributed by atoms with Gasteiger partial charge >= 0.3 is 0 Å². The molecule has 0 radical (unpaired) electrons. The van der Waals surface area contributed by atoms with Gasteiger partial charge in [0.25, 0.3) is 0 Å². The van der Waals surface area contributed by atoms with E-state index in [0.29, 0.717) is 0 Å². The van der Waals surface area contributed by atoms with Gasteiger partial charge in [-0.2, -0.15) is 0 Å². The number of hydrogen-bond donors (Lipinski definition) is 0. The molecule has 0 amide bonds. The maximum atomic E-state index is 4.33. The van der Waals surface area contributed by atoms with Crippen LogP contribution in [0.25, 0.3) is 0 Å². The lowest BCUT2D eigenvalue weighted by atomic mass is 10.3. The van der Waals surface area contributed by atoms with Crippen LogP contribution in [0.15, 0.2) is 24.8 Å². The molecule has 2 heterocycles. The van der Waals surface area contributed by atoms with E-state index in [4.69, 9.17) is 0 Å². The molecule has 0 aliphatic carbocycles. The van der Waals surface area contributed by atoms with Crippen molar-refractivity contribution in [1.29, 1.82) is 0 Å². The van der Waals surface area contributed by atoms with Gasteiger partial charge in [0.05, 0.1) is 0 Å². The molecule has 4 nitrogen and oxygen atoms in total. The molecule has 2 rings (SSSR count). The Morgan fingerprint density at radius 3 is 1.76 bits per heavy atom. The first-order valence-electron chi connectivity index (χ1n) is 6.35. The van der Waals surface area contributed by atoms with Gasteiger partial charge in [-0.1, -0.05) is 13.8 Å². The Kier molecular flexibility index (Phi) is 3.96. The molecule has 2 aromatic rings. The van der Waals surface area contributed by atoms with Crippen molar-refractivity contribution in [3.05, 3.63) is 36.4 Å². The molecule has 0 atom stereocenters. The van der Waals surface area contributed by atoms with E-state index >= 15 is 0 Å². The van der Waals surface area contributed by atoms with E-state index in [0.717, 1.165) is 32.4 Å². The predicted octanol–water partition coefficient (Wildman–Crippen LogP) is 2.29. The number of aromatic nitrogens is 4. The molecule has 0 spiro atoms. The number of nitrogens with zero attached hydrogens (tertiary/aromatic N) is 4. The lowest BCUT2D eigenvalue weighted by Gasteiger charge is -2.08. The zero-order valence-corrected chi connectivity index (χ0v) is 10.6. The van der Waals surface area contributed by atoms with Crippen LogP contribution in [0.2, 0.25) is 0 Å². The van der Waals surface area contributed by atoms with Gasteiger partial charge < -0.3 is 9.13 Å². The molecule has 0 saturated carbocycles. The number of imidazole rings is 2. The molecule has 92 valence electrons. The summed E-state index contributed by atoms with van der Waals surface area (Å²) in [5.74, 6) is 2.35. The molecule has 0 bridgehead atoms. The zero-order valence-electron chi connectivity index (χ0n) is 10.6. The lowest BCUT2D eigenvalue weighted by Crippen LogP contribution is -2.07. The smallest absolute Gasteiger partial charge is 0.108 e. The molecule has 0 fully saturated rings. The molecular weight excluding hydrogens is 212 g/mol. The van der Waals surface area contributed by atoms with Gasteiger partial charge in [-0.25, -0.2) is 9.97 Å². The normalized spacial score (nSPS) is 10.9. The first-order chi connectivity index (χ1) is 8.35. The van der Waals surface area contributed by atoms with Crippen molar-refractivity contribution < 1.29 is 0 Å². The third-order valence-electron chi connectivity index (χ3n) is 3.03. The molecule has 0 aliphatic rings. The average molecular weight is 232 g/mol. The van der Waals surface area contributed by atoms with Gasteiger partial charge in [0.15, 0.2) is 0 Å². The molecule has 4 heteroatoms. The Labute approximate surface area is 102 Å². The monoisotopic (exact) mass is 232 g/mol. The van der Waals surface area contributed by atoms with Crippen molar-refractivity contribution in [1.82, 2.24) is 19.1 Å². The van der Waals surface area contributed by atoms with Gasteiger partial charge in [-0.3, -0.25) is 0 Å². The standard InChI is InChI=1S/C13H20N4/c1-3-12-14-6-10-16(12)8-5-9-17-11-7-15-13(17)4-2/h6-7,10-11H,3-5,8-9H2,1-2H3. The van der Waals surface area contributed by atoms with Crippen LogP contribution in [0, 0.1) is 0 Å². The third-order valence-corrected chi connectivity index (χ3v) is 3.03. The summed E-state index contributed by atoms with van der Waals surface area (Å²) in [4.78, 5) is 8.66. The highest BCUT2D eigenvalue weighted by Gasteiger charge is 2.02. The highest BCUT2D eigenvalue weighted by Crippen LogP contribution is 2.04. The molecule has 2 aromatic heterocycles. The van der Waals surface area contributed by atoms with E-state index in [1.165, 1.54) is 11.6 Å². The van der Waals surface area contributed by atoms with Crippen LogP contribution in [-0.4, -0.2) is 19.1 Å². The minimum absolute atomic E-state index is 0.998. The lowest BCUT2D eigenvalue weighted by molar-refractivity contribution is 0.538. The van der Waals surface area contributed by atoms with Crippen molar-refractivity contribution >= 4 is 0 Å².